The minimum atomic E-state index is -4.20. The van der Waals surface area contributed by atoms with Gasteiger partial charge in [0.15, 0.2) is 0 Å². The van der Waals surface area contributed by atoms with Crippen LogP contribution < -0.4 is 0 Å². The van der Waals surface area contributed by atoms with E-state index in [0.29, 0.717) is 11.1 Å². The molecular formula is C12H18CaO8S4. The van der Waals surface area contributed by atoms with Crippen LogP contribution in [0.15, 0.2) is 24.3 Å². The second-order valence-corrected chi connectivity index (χ2v) is 9.54. The van der Waals surface area contributed by atoms with Crippen molar-refractivity contribution in [2.24, 2.45) is 0 Å². The number of hydrogen-bond donors (Lipinski definition) is 0. The first-order valence-corrected chi connectivity index (χ1v) is 11.3. The predicted octanol–water partition coefficient (Wildman–Crippen LogP) is 0.354. The average Bonchev–Trinajstić information content (AvgIpc) is 2.35. The van der Waals surface area contributed by atoms with Crippen molar-refractivity contribution in [1.82, 2.24) is 0 Å². The third-order valence-corrected chi connectivity index (χ3v) is 5.79. The van der Waals surface area contributed by atoms with Crippen LogP contribution in [-0.4, -0.2) is 96.9 Å². The molecule has 8 nitrogen and oxygen atoms in total. The SMILES string of the molecule is C=C(C)C(=O)SCCS(=O)(=O)[O-].C=C(C)C(=O)SCCS(=O)(=O)[O-].[Ca+2]. The van der Waals surface area contributed by atoms with E-state index >= 15 is 0 Å². The molecule has 13 heteroatoms. The fourth-order valence-corrected chi connectivity index (χ4v) is 3.88. The summed E-state index contributed by atoms with van der Waals surface area (Å²) in [7, 11) is -8.40. The van der Waals surface area contributed by atoms with Gasteiger partial charge in [0.25, 0.3) is 0 Å². The van der Waals surface area contributed by atoms with Crippen LogP contribution in [0, 0.1) is 0 Å². The van der Waals surface area contributed by atoms with Gasteiger partial charge in [-0.15, -0.1) is 0 Å². The normalized spacial score (nSPS) is 10.7. The zero-order valence-corrected chi connectivity index (χ0v) is 19.3. The molecular weight excluding hydrogens is 440 g/mol. The van der Waals surface area contributed by atoms with Crippen molar-refractivity contribution in [3.8, 4) is 0 Å². The molecule has 0 fully saturated rings. The summed E-state index contributed by atoms with van der Waals surface area (Å²) in [6, 6.07) is 0. The van der Waals surface area contributed by atoms with Crippen LogP contribution in [0.5, 0.6) is 0 Å². The molecule has 0 amide bonds. The summed E-state index contributed by atoms with van der Waals surface area (Å²) in [5, 5.41) is -0.558. The Morgan fingerprint density at radius 1 is 0.800 bits per heavy atom. The van der Waals surface area contributed by atoms with Crippen molar-refractivity contribution in [3.63, 3.8) is 0 Å². The van der Waals surface area contributed by atoms with E-state index in [4.69, 9.17) is 0 Å². The van der Waals surface area contributed by atoms with Crippen LogP contribution in [0.4, 0.5) is 0 Å². The molecule has 0 saturated carbocycles. The summed E-state index contributed by atoms with van der Waals surface area (Å²) >= 11 is 1.59. The summed E-state index contributed by atoms with van der Waals surface area (Å²) in [4.78, 5) is 21.6. The molecule has 0 spiro atoms. The van der Waals surface area contributed by atoms with E-state index in [0.717, 1.165) is 23.5 Å². The van der Waals surface area contributed by atoms with Crippen molar-refractivity contribution >= 4 is 91.7 Å². The molecule has 0 rings (SSSR count). The maximum Gasteiger partial charge on any atom is 2.00 e. The molecule has 25 heavy (non-hydrogen) atoms. The van der Waals surface area contributed by atoms with Gasteiger partial charge >= 0.3 is 37.7 Å². The number of rotatable bonds is 8. The predicted molar refractivity (Wildman–Crippen MR) is 99.4 cm³/mol. The summed E-state index contributed by atoms with van der Waals surface area (Å²) in [6.07, 6.45) is 0. The van der Waals surface area contributed by atoms with Crippen LogP contribution in [-0.2, 0) is 29.8 Å². The topological polar surface area (TPSA) is 149 Å². The van der Waals surface area contributed by atoms with E-state index in [-0.39, 0.29) is 59.5 Å². The third-order valence-electron chi connectivity index (χ3n) is 1.83. The first kappa shape index (κ1) is 30.3. The molecule has 140 valence electrons. The van der Waals surface area contributed by atoms with Crippen LogP contribution in [0.2, 0.25) is 0 Å². The summed E-state index contributed by atoms with van der Waals surface area (Å²) in [5.41, 5.74) is 0.701. The van der Waals surface area contributed by atoms with Gasteiger partial charge in [-0.05, 0) is 25.0 Å². The summed E-state index contributed by atoms with van der Waals surface area (Å²) < 4.78 is 60.5. The molecule has 0 heterocycles. The van der Waals surface area contributed by atoms with Crippen molar-refractivity contribution in [3.05, 3.63) is 24.3 Å². The molecule has 0 aliphatic carbocycles. The number of thioether (sulfide) groups is 2. The van der Waals surface area contributed by atoms with Gasteiger partial charge in [-0.1, -0.05) is 36.7 Å². The standard InChI is InChI=1S/2C6H10O4S2.Ca/c2*1-5(2)6(7)11-3-4-12(8,9)10;/h2*1,3-4H2,2H3,(H,8,9,10);/q;;+2/p-2. The Balaban J connectivity index is -0.000000372. The van der Waals surface area contributed by atoms with E-state index in [2.05, 4.69) is 13.2 Å². The van der Waals surface area contributed by atoms with E-state index in [1.807, 2.05) is 0 Å². The van der Waals surface area contributed by atoms with Crippen LogP contribution >= 0.6 is 23.5 Å². The fourth-order valence-electron chi connectivity index (χ4n) is 0.719. The van der Waals surface area contributed by atoms with Gasteiger partial charge in [0.05, 0.1) is 20.2 Å². The maximum atomic E-state index is 10.8. The maximum absolute atomic E-state index is 10.8. The Hall–Kier alpha value is 0.600. The van der Waals surface area contributed by atoms with Crippen LogP contribution in [0.3, 0.4) is 0 Å². The van der Waals surface area contributed by atoms with Gasteiger partial charge in [-0.3, -0.25) is 9.59 Å². The zero-order valence-electron chi connectivity index (χ0n) is 13.8. The first-order chi connectivity index (χ1) is 10.7. The molecule has 0 aromatic heterocycles. The zero-order chi connectivity index (χ0) is 19.6. The fraction of sp³-hybridized carbons (Fsp3) is 0.500. The van der Waals surface area contributed by atoms with Crippen molar-refractivity contribution in [1.29, 1.82) is 0 Å². The second kappa shape index (κ2) is 14.6. The van der Waals surface area contributed by atoms with Gasteiger partial charge in [-0.25, -0.2) is 16.8 Å². The largest absolute Gasteiger partial charge is 2.00 e. The third kappa shape index (κ3) is 24.6. The molecule has 0 atom stereocenters. The molecule has 0 N–H and O–H groups in total. The molecule has 0 bridgehead atoms. The van der Waals surface area contributed by atoms with Gasteiger partial charge in [0.2, 0.25) is 10.2 Å². The number of hydrogen-bond acceptors (Lipinski definition) is 10. The quantitative estimate of drug-likeness (QED) is 0.283. The summed E-state index contributed by atoms with van der Waals surface area (Å²) in [6.45, 7) is 9.80. The Bertz CT molecular complexity index is 622. The molecule has 0 aliphatic rings. The van der Waals surface area contributed by atoms with Gasteiger partial charge in [-0.2, -0.15) is 0 Å². The van der Waals surface area contributed by atoms with Crippen molar-refractivity contribution in [2.75, 3.05) is 23.0 Å². The summed E-state index contributed by atoms with van der Waals surface area (Å²) in [5.74, 6) is -1.04. The smallest absolute Gasteiger partial charge is 0.748 e. The van der Waals surface area contributed by atoms with Crippen LogP contribution in [0.25, 0.3) is 0 Å². The molecule has 0 saturated heterocycles. The number of carbonyl (C=O) groups is 2. The Labute approximate surface area is 186 Å². The monoisotopic (exact) mass is 458 g/mol. The average molecular weight is 459 g/mol. The van der Waals surface area contributed by atoms with Crippen LogP contribution in [0.1, 0.15) is 13.8 Å². The molecule has 0 aromatic rings. The van der Waals surface area contributed by atoms with Crippen molar-refractivity contribution in [2.45, 2.75) is 13.8 Å². The molecule has 0 aromatic carbocycles. The van der Waals surface area contributed by atoms with Gasteiger partial charge in [0, 0.05) is 23.0 Å². The molecule has 0 aliphatic heterocycles. The minimum absolute atomic E-state index is 0. The van der Waals surface area contributed by atoms with Gasteiger partial charge in [0.1, 0.15) is 0 Å². The second-order valence-electron chi connectivity index (χ2n) is 4.36. The Morgan fingerprint density at radius 3 is 1.20 bits per heavy atom. The van der Waals surface area contributed by atoms with Gasteiger partial charge < -0.3 is 9.11 Å². The first-order valence-electron chi connectivity index (χ1n) is 6.18. The molecule has 0 unspecified atom stereocenters. The van der Waals surface area contributed by atoms with E-state index in [1.54, 1.807) is 0 Å². The Morgan fingerprint density at radius 2 is 1.04 bits per heavy atom. The Kier molecular flexibility index (Phi) is 17.8. The minimum Gasteiger partial charge on any atom is -0.748 e. The van der Waals surface area contributed by atoms with E-state index < -0.39 is 31.7 Å². The molecule has 0 radical (unpaired) electrons. The number of carbonyl (C=O) groups excluding carboxylic acids is 2. The van der Waals surface area contributed by atoms with E-state index in [9.17, 15) is 35.5 Å². The van der Waals surface area contributed by atoms with E-state index in [1.165, 1.54) is 13.8 Å². The van der Waals surface area contributed by atoms with Crippen molar-refractivity contribution < 1.29 is 35.5 Å².